The van der Waals surface area contributed by atoms with Gasteiger partial charge in [-0.2, -0.15) is 0 Å². The fourth-order valence-corrected chi connectivity index (χ4v) is 1.32. The van der Waals surface area contributed by atoms with E-state index in [-0.39, 0.29) is 5.69 Å². The van der Waals surface area contributed by atoms with Crippen LogP contribution in [-0.4, -0.2) is 7.11 Å². The highest BCUT2D eigenvalue weighted by Gasteiger charge is 2.07. The predicted molar refractivity (Wildman–Crippen MR) is 49.3 cm³/mol. The Morgan fingerprint density at radius 3 is 2.17 bits per heavy atom. The van der Waals surface area contributed by atoms with Crippen LogP contribution in [0.1, 0.15) is 0 Å². The molecule has 0 atom stereocenters. The summed E-state index contributed by atoms with van der Waals surface area (Å²) in [4.78, 5) is 3.18. The molecule has 0 N–H and O–H groups in total. The summed E-state index contributed by atoms with van der Waals surface area (Å²) in [5.41, 5.74) is 0.263. The SMILES string of the molecule is [C-]#[N+]c1c(Cl)cc(OC)cc1Cl. The maximum absolute atomic E-state index is 6.77. The third-order valence-corrected chi connectivity index (χ3v) is 1.91. The van der Waals surface area contributed by atoms with Crippen LogP contribution in [-0.2, 0) is 0 Å². The topological polar surface area (TPSA) is 13.6 Å². The van der Waals surface area contributed by atoms with Gasteiger partial charge in [0.25, 0.3) is 0 Å². The van der Waals surface area contributed by atoms with E-state index in [0.29, 0.717) is 15.8 Å². The predicted octanol–water partition coefficient (Wildman–Crippen LogP) is 3.55. The molecule has 0 aliphatic carbocycles. The summed E-state index contributed by atoms with van der Waals surface area (Å²) in [5.74, 6) is 0.553. The normalized spacial score (nSPS) is 9.17. The molecule has 12 heavy (non-hydrogen) atoms. The third kappa shape index (κ3) is 1.63. The first-order valence-electron chi connectivity index (χ1n) is 3.09. The number of methoxy groups -OCH3 is 1. The minimum atomic E-state index is 0.263. The van der Waals surface area contributed by atoms with E-state index in [9.17, 15) is 0 Å². The molecule has 1 aromatic rings. The molecular formula is C8H5Cl2NO. The molecule has 4 heteroatoms. The fourth-order valence-electron chi connectivity index (χ4n) is 0.767. The first-order valence-corrected chi connectivity index (χ1v) is 3.85. The van der Waals surface area contributed by atoms with Crippen molar-refractivity contribution in [3.8, 4) is 5.75 Å². The Hall–Kier alpha value is -0.910. The number of benzene rings is 1. The molecule has 0 unspecified atom stereocenters. The van der Waals surface area contributed by atoms with Crippen molar-refractivity contribution in [3.63, 3.8) is 0 Å². The molecule has 0 amide bonds. The lowest BCUT2D eigenvalue weighted by atomic mass is 10.3. The number of rotatable bonds is 1. The van der Waals surface area contributed by atoms with Gasteiger partial charge in [-0.25, -0.2) is 4.85 Å². The molecule has 0 fully saturated rings. The molecule has 1 aromatic carbocycles. The number of halogens is 2. The summed E-state index contributed by atoms with van der Waals surface area (Å²) in [7, 11) is 1.51. The van der Waals surface area contributed by atoms with Gasteiger partial charge in [0.15, 0.2) is 0 Å². The minimum absolute atomic E-state index is 0.263. The average Bonchev–Trinajstić information content (AvgIpc) is 2.03. The van der Waals surface area contributed by atoms with Crippen molar-refractivity contribution in [2.45, 2.75) is 0 Å². The van der Waals surface area contributed by atoms with Gasteiger partial charge >= 0.3 is 0 Å². The molecule has 0 aliphatic rings. The highest BCUT2D eigenvalue weighted by Crippen LogP contribution is 2.36. The van der Waals surface area contributed by atoms with E-state index >= 15 is 0 Å². The van der Waals surface area contributed by atoms with Gasteiger partial charge in [0.05, 0.1) is 23.7 Å². The lowest BCUT2D eigenvalue weighted by Crippen LogP contribution is -1.82. The molecule has 0 saturated heterocycles. The molecule has 62 valence electrons. The van der Waals surface area contributed by atoms with E-state index in [1.54, 1.807) is 12.1 Å². The zero-order valence-electron chi connectivity index (χ0n) is 6.27. The van der Waals surface area contributed by atoms with E-state index < -0.39 is 0 Å². The van der Waals surface area contributed by atoms with Crippen LogP contribution in [0.5, 0.6) is 5.75 Å². The lowest BCUT2D eigenvalue weighted by Gasteiger charge is -2.02. The summed E-state index contributed by atoms with van der Waals surface area (Å²) in [5, 5.41) is 0.628. The largest absolute Gasteiger partial charge is 0.497 e. The van der Waals surface area contributed by atoms with Crippen LogP contribution < -0.4 is 4.74 Å². The van der Waals surface area contributed by atoms with Gasteiger partial charge in [-0.1, -0.05) is 23.2 Å². The van der Waals surface area contributed by atoms with Gasteiger partial charge in [0.1, 0.15) is 5.75 Å². The Balaban J connectivity index is 3.30. The molecule has 0 spiro atoms. The number of ether oxygens (including phenoxy) is 1. The van der Waals surface area contributed by atoms with Crippen LogP contribution >= 0.6 is 23.2 Å². The van der Waals surface area contributed by atoms with Crippen molar-refractivity contribution in [2.24, 2.45) is 0 Å². The van der Waals surface area contributed by atoms with Crippen molar-refractivity contribution in [1.82, 2.24) is 0 Å². The van der Waals surface area contributed by atoms with Crippen LogP contribution in [0.15, 0.2) is 12.1 Å². The van der Waals surface area contributed by atoms with Crippen molar-refractivity contribution in [1.29, 1.82) is 0 Å². The summed E-state index contributed by atoms with van der Waals surface area (Å²) in [6.07, 6.45) is 0. The van der Waals surface area contributed by atoms with Crippen molar-refractivity contribution in [2.75, 3.05) is 7.11 Å². The summed E-state index contributed by atoms with van der Waals surface area (Å²) in [6.45, 7) is 6.77. The second kappa shape index (κ2) is 3.66. The van der Waals surface area contributed by atoms with Gasteiger partial charge in [-0.05, 0) is 12.1 Å². The highest BCUT2D eigenvalue weighted by atomic mass is 35.5. The van der Waals surface area contributed by atoms with Crippen molar-refractivity contribution < 1.29 is 4.74 Å². The van der Waals surface area contributed by atoms with Crippen LogP contribution in [0, 0.1) is 6.57 Å². The van der Waals surface area contributed by atoms with Crippen molar-refractivity contribution in [3.05, 3.63) is 33.6 Å². The molecule has 0 aliphatic heterocycles. The monoisotopic (exact) mass is 201 g/mol. The lowest BCUT2D eigenvalue weighted by molar-refractivity contribution is 0.415. The minimum Gasteiger partial charge on any atom is -0.497 e. The number of nitrogens with zero attached hydrogens (tertiary/aromatic N) is 1. The van der Waals surface area contributed by atoms with E-state index in [1.807, 2.05) is 0 Å². The summed E-state index contributed by atoms with van der Waals surface area (Å²) < 4.78 is 4.90. The fraction of sp³-hybridized carbons (Fsp3) is 0.125. The summed E-state index contributed by atoms with van der Waals surface area (Å²) in [6, 6.07) is 3.11. The van der Waals surface area contributed by atoms with Crippen LogP contribution in [0.25, 0.3) is 4.85 Å². The molecule has 0 aromatic heterocycles. The van der Waals surface area contributed by atoms with Crippen LogP contribution in [0.3, 0.4) is 0 Å². The Kier molecular flexibility index (Phi) is 2.80. The van der Waals surface area contributed by atoms with E-state index in [2.05, 4.69) is 4.85 Å². The van der Waals surface area contributed by atoms with Crippen LogP contribution in [0.2, 0.25) is 10.0 Å². The van der Waals surface area contributed by atoms with E-state index in [1.165, 1.54) is 7.11 Å². The maximum atomic E-state index is 6.77. The molecule has 0 saturated carbocycles. The maximum Gasteiger partial charge on any atom is 0.223 e. The highest BCUT2D eigenvalue weighted by molar-refractivity contribution is 6.39. The quantitative estimate of drug-likeness (QED) is 0.634. The molecule has 0 heterocycles. The molecule has 0 radical (unpaired) electrons. The Bertz CT molecular complexity index is 320. The zero-order chi connectivity index (χ0) is 9.14. The van der Waals surface area contributed by atoms with Crippen LogP contribution in [0.4, 0.5) is 5.69 Å². The van der Waals surface area contributed by atoms with Gasteiger partial charge in [0, 0.05) is 0 Å². The second-order valence-corrected chi connectivity index (χ2v) is 2.87. The van der Waals surface area contributed by atoms with Crippen molar-refractivity contribution >= 4 is 28.9 Å². The first kappa shape index (κ1) is 9.18. The standard InChI is InChI=1S/C8H5Cl2NO/c1-11-8-6(9)3-5(12-2)4-7(8)10/h3-4H,2H3. The molecule has 0 bridgehead atoms. The number of hydrogen-bond acceptors (Lipinski definition) is 1. The Morgan fingerprint density at radius 1 is 1.33 bits per heavy atom. The smallest absolute Gasteiger partial charge is 0.223 e. The molecule has 1 rings (SSSR count). The first-order chi connectivity index (χ1) is 5.69. The zero-order valence-corrected chi connectivity index (χ0v) is 7.78. The Morgan fingerprint density at radius 2 is 1.83 bits per heavy atom. The van der Waals surface area contributed by atoms with Gasteiger partial charge < -0.3 is 4.74 Å². The third-order valence-electron chi connectivity index (χ3n) is 1.34. The summed E-state index contributed by atoms with van der Waals surface area (Å²) >= 11 is 11.5. The Labute approximate surface area is 80.5 Å². The average molecular weight is 202 g/mol. The molecule has 2 nitrogen and oxygen atoms in total. The number of hydrogen-bond donors (Lipinski definition) is 0. The van der Waals surface area contributed by atoms with Gasteiger partial charge in [-0.15, -0.1) is 0 Å². The van der Waals surface area contributed by atoms with Gasteiger partial charge in [0.2, 0.25) is 5.69 Å². The van der Waals surface area contributed by atoms with E-state index in [0.717, 1.165) is 0 Å². The van der Waals surface area contributed by atoms with Gasteiger partial charge in [-0.3, -0.25) is 0 Å². The second-order valence-electron chi connectivity index (χ2n) is 2.05. The molecular weight excluding hydrogens is 197 g/mol. The van der Waals surface area contributed by atoms with E-state index in [4.69, 9.17) is 34.5 Å².